The molecule has 240 valence electrons. The Labute approximate surface area is 291 Å². The van der Waals surface area contributed by atoms with Crippen LogP contribution in [-0.4, -0.2) is 19.1 Å². The molecule has 7 nitrogen and oxygen atoms in total. The summed E-state index contributed by atoms with van der Waals surface area (Å²) < 4.78 is 10.9. The lowest BCUT2D eigenvalue weighted by atomic mass is 10.0. The predicted molar refractivity (Wildman–Crippen MR) is 207 cm³/mol. The van der Waals surface area contributed by atoms with Crippen LogP contribution in [0.15, 0.2) is 156 Å². The number of para-hydroxylation sites is 3. The van der Waals surface area contributed by atoms with E-state index in [1.165, 1.54) is 16.3 Å². The number of furan rings is 1. The molecule has 6 heterocycles. The van der Waals surface area contributed by atoms with Crippen LogP contribution >= 0.6 is 0 Å². The molecule has 0 bridgehead atoms. The van der Waals surface area contributed by atoms with E-state index in [1.807, 2.05) is 24.7 Å². The third-order valence-electron chi connectivity index (χ3n) is 10.1. The van der Waals surface area contributed by atoms with Gasteiger partial charge in [-0.1, -0.05) is 78.9 Å². The van der Waals surface area contributed by atoms with E-state index in [1.54, 1.807) is 0 Å². The Balaban J connectivity index is 1.06. The monoisotopic (exact) mass is 656 g/mol. The third kappa shape index (κ3) is 4.18. The highest BCUT2D eigenvalue weighted by Crippen LogP contribution is 2.39. The lowest BCUT2D eigenvalue weighted by molar-refractivity contribution is 0.665. The van der Waals surface area contributed by atoms with E-state index in [0.29, 0.717) is 0 Å². The zero-order valence-corrected chi connectivity index (χ0v) is 27.2. The fourth-order valence-electron chi connectivity index (χ4n) is 7.73. The fraction of sp³-hybridized carbons (Fsp3) is 0. The largest absolute Gasteiger partial charge is 0.453 e. The summed E-state index contributed by atoms with van der Waals surface area (Å²) in [6.07, 6.45) is 7.70. The van der Waals surface area contributed by atoms with Crippen LogP contribution in [0.25, 0.3) is 94.6 Å². The van der Waals surface area contributed by atoms with E-state index >= 15 is 0 Å². The van der Waals surface area contributed by atoms with Crippen LogP contribution in [0, 0.1) is 0 Å². The van der Waals surface area contributed by atoms with Crippen molar-refractivity contribution < 1.29 is 4.42 Å². The zero-order valence-electron chi connectivity index (χ0n) is 27.2. The average molecular weight is 657 g/mol. The van der Waals surface area contributed by atoms with Crippen LogP contribution in [-0.2, 0) is 0 Å². The molecule has 51 heavy (non-hydrogen) atoms. The fourth-order valence-corrected chi connectivity index (χ4v) is 7.73. The van der Waals surface area contributed by atoms with Crippen molar-refractivity contribution in [1.82, 2.24) is 24.5 Å². The van der Waals surface area contributed by atoms with Crippen molar-refractivity contribution in [2.75, 3.05) is 5.43 Å². The number of hydrogen-bond donors (Lipinski definition) is 2. The summed E-state index contributed by atoms with van der Waals surface area (Å²) in [5.74, 6) is 1.00. The van der Waals surface area contributed by atoms with Crippen LogP contribution in [0.4, 0.5) is 5.82 Å². The molecule has 0 aliphatic carbocycles. The van der Waals surface area contributed by atoms with E-state index in [-0.39, 0.29) is 0 Å². The third-order valence-corrected chi connectivity index (χ3v) is 10.1. The molecule has 0 saturated heterocycles. The van der Waals surface area contributed by atoms with Crippen LogP contribution in [0.1, 0.15) is 5.56 Å². The second-order valence-electron chi connectivity index (χ2n) is 12.9. The summed E-state index contributed by atoms with van der Waals surface area (Å²) in [7, 11) is 0. The molecule has 5 aromatic heterocycles. The molecule has 0 amide bonds. The van der Waals surface area contributed by atoms with Crippen molar-refractivity contribution in [2.24, 2.45) is 0 Å². The van der Waals surface area contributed by atoms with Crippen LogP contribution in [0.5, 0.6) is 0 Å². The van der Waals surface area contributed by atoms with E-state index < -0.39 is 0 Å². The highest BCUT2D eigenvalue weighted by Gasteiger charge is 2.20. The second-order valence-corrected chi connectivity index (χ2v) is 12.9. The van der Waals surface area contributed by atoms with E-state index in [9.17, 15) is 0 Å². The van der Waals surface area contributed by atoms with Gasteiger partial charge in [-0.25, -0.2) is 0 Å². The molecule has 0 radical (unpaired) electrons. The van der Waals surface area contributed by atoms with Crippen LogP contribution in [0.2, 0.25) is 0 Å². The molecular weight excluding hydrogens is 629 g/mol. The molecule has 11 rings (SSSR count). The van der Waals surface area contributed by atoms with Gasteiger partial charge in [0.2, 0.25) is 0 Å². The SMILES string of the molecule is C1=Cc2c(n(-c3ccccc3)c3cc(-c4cc5c(cn4)oc4cnc(-c6ccc7c8ccccc8n(-c8ccccc8)c7c6)cc45)ccc23)NN1. The van der Waals surface area contributed by atoms with Crippen molar-refractivity contribution in [3.63, 3.8) is 0 Å². The van der Waals surface area contributed by atoms with Crippen molar-refractivity contribution in [3.05, 3.63) is 158 Å². The molecular formula is C44H28N6O. The highest BCUT2D eigenvalue weighted by molar-refractivity contribution is 6.11. The van der Waals surface area contributed by atoms with Gasteiger partial charge in [0.05, 0.1) is 40.3 Å². The van der Waals surface area contributed by atoms with Gasteiger partial charge in [0.25, 0.3) is 0 Å². The Morgan fingerprint density at radius 3 is 1.75 bits per heavy atom. The Morgan fingerprint density at radius 1 is 0.490 bits per heavy atom. The maximum Gasteiger partial charge on any atom is 0.153 e. The van der Waals surface area contributed by atoms with Gasteiger partial charge in [0, 0.05) is 61.2 Å². The first-order valence-corrected chi connectivity index (χ1v) is 17.0. The van der Waals surface area contributed by atoms with Gasteiger partial charge >= 0.3 is 0 Å². The predicted octanol–water partition coefficient (Wildman–Crippen LogP) is 10.7. The Hall–Kier alpha value is -7.12. The standard InChI is InChI=1S/C44H28N6O/c1-3-9-29(10-4-1)49-39-14-8-7-13-31(39)32-17-15-27(21-40(32)49)37-23-35-36-24-38(46-26-43(36)51-42(35)25-45-37)28-16-18-33-34-19-20-47-48-44(34)50(41(33)22-28)30-11-5-2-6-12-30/h1-26,47-48H. The maximum atomic E-state index is 6.27. The molecule has 1 aliphatic heterocycles. The zero-order chi connectivity index (χ0) is 33.5. The molecule has 1 aliphatic rings. The van der Waals surface area contributed by atoms with Crippen molar-refractivity contribution in [1.29, 1.82) is 0 Å². The van der Waals surface area contributed by atoms with Crippen LogP contribution < -0.4 is 10.9 Å². The Bertz CT molecular complexity index is 3020. The van der Waals surface area contributed by atoms with Gasteiger partial charge in [-0.05, 0) is 60.7 Å². The van der Waals surface area contributed by atoms with Gasteiger partial charge in [-0.3, -0.25) is 20.0 Å². The van der Waals surface area contributed by atoms with Gasteiger partial charge in [-0.2, -0.15) is 0 Å². The summed E-state index contributed by atoms with van der Waals surface area (Å²) >= 11 is 0. The first-order valence-electron chi connectivity index (χ1n) is 17.0. The quantitative estimate of drug-likeness (QED) is 0.197. The highest BCUT2D eigenvalue weighted by atomic mass is 16.3. The topological polar surface area (TPSA) is 72.8 Å². The number of hydrazine groups is 1. The van der Waals surface area contributed by atoms with E-state index in [4.69, 9.17) is 14.4 Å². The molecule has 0 atom stereocenters. The first kappa shape index (κ1) is 27.8. The maximum absolute atomic E-state index is 6.27. The number of hydrogen-bond acceptors (Lipinski definition) is 5. The minimum atomic E-state index is 0.733. The minimum Gasteiger partial charge on any atom is -0.453 e. The second kappa shape index (κ2) is 10.7. The molecule has 5 aromatic carbocycles. The van der Waals surface area contributed by atoms with E-state index in [2.05, 4.69) is 153 Å². The summed E-state index contributed by atoms with van der Waals surface area (Å²) in [4.78, 5) is 9.75. The van der Waals surface area contributed by atoms with Gasteiger partial charge in [0.1, 0.15) is 5.82 Å². The number of rotatable bonds is 4. The van der Waals surface area contributed by atoms with Crippen molar-refractivity contribution in [3.8, 4) is 33.9 Å². The Morgan fingerprint density at radius 2 is 1.06 bits per heavy atom. The average Bonchev–Trinajstić information content (AvgIpc) is 3.85. The summed E-state index contributed by atoms with van der Waals surface area (Å²) in [5, 5.41) is 5.61. The summed E-state index contributed by atoms with van der Waals surface area (Å²) in [5.41, 5.74) is 18.6. The molecule has 7 heteroatoms. The molecule has 0 spiro atoms. The molecule has 2 N–H and O–H groups in total. The molecule has 10 aromatic rings. The normalized spacial score (nSPS) is 12.5. The van der Waals surface area contributed by atoms with Gasteiger partial charge < -0.3 is 14.4 Å². The number of aromatic nitrogens is 4. The van der Waals surface area contributed by atoms with Crippen molar-refractivity contribution in [2.45, 2.75) is 0 Å². The summed E-state index contributed by atoms with van der Waals surface area (Å²) in [6, 6.07) is 47.0. The lowest BCUT2D eigenvalue weighted by Gasteiger charge is -2.16. The number of fused-ring (bicyclic) bond motifs is 9. The van der Waals surface area contributed by atoms with Crippen LogP contribution in [0.3, 0.4) is 0 Å². The molecule has 0 fully saturated rings. The number of benzene rings is 5. The smallest absolute Gasteiger partial charge is 0.153 e. The van der Waals surface area contributed by atoms with E-state index in [0.717, 1.165) is 83.6 Å². The lowest BCUT2D eigenvalue weighted by Crippen LogP contribution is -2.20. The van der Waals surface area contributed by atoms with Crippen molar-refractivity contribution >= 4 is 66.5 Å². The van der Waals surface area contributed by atoms with Gasteiger partial charge in [0.15, 0.2) is 11.2 Å². The molecule has 0 saturated carbocycles. The first-order chi connectivity index (χ1) is 25.3. The minimum absolute atomic E-state index is 0.733. The number of nitrogens with zero attached hydrogens (tertiary/aromatic N) is 4. The summed E-state index contributed by atoms with van der Waals surface area (Å²) in [6.45, 7) is 0. The number of pyridine rings is 2. The number of anilines is 1. The Kier molecular flexibility index (Phi) is 5.83. The molecule has 0 unspecified atom stereocenters. The number of nitrogens with one attached hydrogen (secondary N) is 2. The van der Waals surface area contributed by atoms with Gasteiger partial charge in [-0.15, -0.1) is 0 Å².